The van der Waals surface area contributed by atoms with Crippen molar-refractivity contribution >= 4 is 25.3 Å². The summed E-state index contributed by atoms with van der Waals surface area (Å²) in [7, 11) is -2.12. The summed E-state index contributed by atoms with van der Waals surface area (Å²) in [4.78, 5) is 22.7. The van der Waals surface area contributed by atoms with Crippen LogP contribution >= 0.6 is 8.53 Å². The molecule has 0 amide bonds. The summed E-state index contributed by atoms with van der Waals surface area (Å²) in [5, 5.41) is 11.8. The van der Waals surface area contributed by atoms with Gasteiger partial charge in [0, 0.05) is 28.8 Å². The van der Waals surface area contributed by atoms with Gasteiger partial charge >= 0.3 is 14.5 Å². The number of hydrogen-bond donors (Lipinski definition) is 3. The van der Waals surface area contributed by atoms with Gasteiger partial charge in [0.25, 0.3) is 0 Å². The highest BCUT2D eigenvalue weighted by molar-refractivity contribution is 7.43. The number of ether oxygens (including phenoxy) is 2. The van der Waals surface area contributed by atoms with Crippen LogP contribution in [0.2, 0.25) is 0 Å². The van der Waals surface area contributed by atoms with E-state index in [0.29, 0.717) is 39.5 Å². The van der Waals surface area contributed by atoms with Crippen molar-refractivity contribution in [2.24, 2.45) is 5.50 Å². The zero-order chi connectivity index (χ0) is 22.0. The highest BCUT2D eigenvalue weighted by atomic mass is 31.2. The Morgan fingerprint density at radius 2 is 1.62 bits per heavy atom. The summed E-state index contributed by atoms with van der Waals surface area (Å²) in [6, 6.07) is 21.2. The highest BCUT2D eigenvalue weighted by Gasteiger charge is 2.54. The van der Waals surface area contributed by atoms with E-state index in [2.05, 4.69) is 0 Å². The Kier molecular flexibility index (Phi) is 3.98. The zero-order valence-electron chi connectivity index (χ0n) is 16.5. The minimum Gasteiger partial charge on any atom is -0.508 e. The lowest BCUT2D eigenvalue weighted by atomic mass is 9.77. The highest BCUT2D eigenvalue weighted by Crippen LogP contribution is 2.57. The summed E-state index contributed by atoms with van der Waals surface area (Å²) in [6.45, 7) is 0. The van der Waals surface area contributed by atoms with E-state index in [1.807, 2.05) is 36.4 Å². The maximum Gasteiger partial charge on any atom is 0.340 e. The second-order valence-corrected chi connectivity index (χ2v) is 8.40. The lowest BCUT2D eigenvalue weighted by Crippen LogP contribution is -2.32. The predicted octanol–water partition coefficient (Wildman–Crippen LogP) is 4.67. The Morgan fingerprint density at radius 3 is 2.44 bits per heavy atom. The van der Waals surface area contributed by atoms with E-state index < -0.39 is 20.1 Å². The van der Waals surface area contributed by atoms with E-state index in [1.54, 1.807) is 24.3 Å². The Labute approximate surface area is 183 Å². The van der Waals surface area contributed by atoms with Gasteiger partial charge in [-0.3, -0.25) is 5.50 Å². The molecule has 6 rings (SSSR count). The SMILES string of the molecule is NP(O)Oc1ccc2c(c1)Oc1cc(O)ccc1C21OC(=O)c2c1ccc1ccccc21. The number of carbonyl (C=O) groups is 1. The van der Waals surface area contributed by atoms with Crippen molar-refractivity contribution in [1.82, 2.24) is 0 Å². The number of phenolic OH excluding ortho intramolecular Hbond substituents is 1. The molecule has 0 aromatic heterocycles. The molecular weight excluding hydrogens is 429 g/mol. The van der Waals surface area contributed by atoms with Crippen LogP contribution in [0.15, 0.2) is 72.8 Å². The van der Waals surface area contributed by atoms with Crippen LogP contribution in [0.5, 0.6) is 23.0 Å². The number of hydrogen-bond acceptors (Lipinski definition) is 7. The quantitative estimate of drug-likeness (QED) is 0.304. The van der Waals surface area contributed by atoms with Gasteiger partial charge in [0.15, 0.2) is 5.60 Å². The minimum absolute atomic E-state index is 0.0126. The molecule has 2 heterocycles. The first kappa shape index (κ1) is 19.1. The molecule has 1 spiro atoms. The van der Waals surface area contributed by atoms with Crippen LogP contribution in [0.1, 0.15) is 27.0 Å². The third kappa shape index (κ3) is 2.56. The van der Waals surface area contributed by atoms with Crippen molar-refractivity contribution in [3.63, 3.8) is 0 Å². The molecule has 4 N–H and O–H groups in total. The third-order valence-electron chi connectivity index (χ3n) is 5.85. The monoisotopic (exact) mass is 445 g/mol. The maximum atomic E-state index is 13.3. The molecule has 0 aliphatic carbocycles. The number of esters is 1. The molecule has 2 aliphatic heterocycles. The number of phenols is 1. The van der Waals surface area contributed by atoms with Gasteiger partial charge in [-0.1, -0.05) is 36.4 Å². The molecule has 4 aromatic carbocycles. The lowest BCUT2D eigenvalue weighted by molar-refractivity contribution is 0.0225. The summed E-state index contributed by atoms with van der Waals surface area (Å²) in [5.41, 5.74) is 6.52. The molecule has 4 aromatic rings. The molecular formula is C24H16NO6P. The molecule has 0 fully saturated rings. The van der Waals surface area contributed by atoms with E-state index >= 15 is 0 Å². The van der Waals surface area contributed by atoms with Gasteiger partial charge < -0.3 is 24.0 Å². The van der Waals surface area contributed by atoms with Crippen LogP contribution in [0, 0.1) is 0 Å². The first-order valence-electron chi connectivity index (χ1n) is 9.80. The van der Waals surface area contributed by atoms with Crippen LogP contribution in [-0.2, 0) is 10.3 Å². The Bertz CT molecular complexity index is 1440. The number of aromatic hydroxyl groups is 1. The molecule has 158 valence electrons. The standard InChI is InChI=1S/C24H16NO6P/c25-32(28)31-15-7-10-18-21(12-15)29-20-11-14(26)6-9-17(20)24(18)19-8-5-13-3-1-2-4-16(13)22(19)23(27)30-24/h1-12,26,28H,25H2. The van der Waals surface area contributed by atoms with Crippen LogP contribution in [0.25, 0.3) is 10.8 Å². The maximum absolute atomic E-state index is 13.3. The molecule has 32 heavy (non-hydrogen) atoms. The van der Waals surface area contributed by atoms with Gasteiger partial charge in [-0.2, -0.15) is 0 Å². The Morgan fingerprint density at radius 1 is 0.906 bits per heavy atom. The number of carbonyl (C=O) groups excluding carboxylic acids is 1. The fourth-order valence-corrected chi connectivity index (χ4v) is 4.95. The summed E-state index contributed by atoms with van der Waals surface area (Å²) in [5.74, 6) is 0.596. The van der Waals surface area contributed by atoms with Crippen LogP contribution in [0.4, 0.5) is 0 Å². The minimum atomic E-state index is -2.12. The van der Waals surface area contributed by atoms with Gasteiger partial charge in [0.1, 0.15) is 23.0 Å². The van der Waals surface area contributed by atoms with Gasteiger partial charge in [-0.05, 0) is 35.0 Å². The molecule has 2 atom stereocenters. The van der Waals surface area contributed by atoms with Crippen LogP contribution < -0.4 is 14.8 Å². The van der Waals surface area contributed by atoms with Gasteiger partial charge in [0.05, 0.1) is 5.56 Å². The molecule has 0 saturated heterocycles. The fourth-order valence-electron chi connectivity index (χ4n) is 4.62. The van der Waals surface area contributed by atoms with Gasteiger partial charge in [-0.25, -0.2) is 4.79 Å². The summed E-state index contributed by atoms with van der Waals surface area (Å²) >= 11 is 0. The molecule has 7 nitrogen and oxygen atoms in total. The van der Waals surface area contributed by atoms with E-state index in [9.17, 15) is 14.8 Å². The molecule has 2 unspecified atom stereocenters. The topological polar surface area (TPSA) is 111 Å². The van der Waals surface area contributed by atoms with Crippen molar-refractivity contribution in [3.05, 3.63) is 95.1 Å². The van der Waals surface area contributed by atoms with Gasteiger partial charge in [-0.15, -0.1) is 0 Å². The Hall–Kier alpha value is -3.64. The Balaban J connectivity index is 1.68. The summed E-state index contributed by atoms with van der Waals surface area (Å²) < 4.78 is 17.5. The summed E-state index contributed by atoms with van der Waals surface area (Å²) in [6.07, 6.45) is 0. The van der Waals surface area contributed by atoms with E-state index in [0.717, 1.165) is 10.8 Å². The zero-order valence-corrected chi connectivity index (χ0v) is 17.4. The van der Waals surface area contributed by atoms with Crippen molar-refractivity contribution in [2.45, 2.75) is 5.60 Å². The number of rotatable bonds is 2. The third-order valence-corrected chi connectivity index (χ3v) is 6.25. The first-order chi connectivity index (χ1) is 15.5. The van der Waals surface area contributed by atoms with Gasteiger partial charge in [0.2, 0.25) is 0 Å². The molecule has 0 radical (unpaired) electrons. The molecule has 0 bridgehead atoms. The molecule has 0 saturated carbocycles. The average molecular weight is 445 g/mol. The van der Waals surface area contributed by atoms with Crippen LogP contribution in [0.3, 0.4) is 0 Å². The number of fused-ring (bicyclic) bond motifs is 8. The van der Waals surface area contributed by atoms with E-state index in [1.165, 1.54) is 12.1 Å². The second kappa shape index (κ2) is 6.68. The number of benzene rings is 4. The normalized spacial score (nSPS) is 19.0. The first-order valence-corrected chi connectivity index (χ1v) is 11.1. The number of nitrogens with two attached hydrogens (primary N) is 1. The molecule has 2 aliphatic rings. The van der Waals surface area contributed by atoms with E-state index in [-0.39, 0.29) is 5.75 Å². The second-order valence-electron chi connectivity index (χ2n) is 7.61. The predicted molar refractivity (Wildman–Crippen MR) is 118 cm³/mol. The van der Waals surface area contributed by atoms with Crippen LogP contribution in [-0.4, -0.2) is 16.0 Å². The van der Waals surface area contributed by atoms with Crippen molar-refractivity contribution in [1.29, 1.82) is 0 Å². The average Bonchev–Trinajstić information content (AvgIpc) is 3.06. The molecule has 8 heteroatoms. The lowest BCUT2D eigenvalue weighted by Gasteiger charge is -2.36. The van der Waals surface area contributed by atoms with Crippen molar-refractivity contribution in [2.75, 3.05) is 0 Å². The van der Waals surface area contributed by atoms with Crippen molar-refractivity contribution < 1.29 is 28.8 Å². The van der Waals surface area contributed by atoms with Crippen molar-refractivity contribution in [3.8, 4) is 23.0 Å². The largest absolute Gasteiger partial charge is 0.508 e. The smallest absolute Gasteiger partial charge is 0.340 e. The van der Waals surface area contributed by atoms with E-state index in [4.69, 9.17) is 19.5 Å². The fraction of sp³-hybridized carbons (Fsp3) is 0.0417.